The van der Waals surface area contributed by atoms with E-state index in [1.165, 1.54) is 0 Å². The number of aromatic nitrogens is 2. The molecule has 0 unspecified atom stereocenters. The maximum atomic E-state index is 6.10. The SMILES string of the molecule is Nc1nc(N2CCOCC2)ncc1-c1ccccc1Br. The van der Waals surface area contributed by atoms with Crippen molar-refractivity contribution in [1.29, 1.82) is 0 Å². The number of ether oxygens (including phenoxy) is 1. The molecule has 1 aliphatic rings. The molecule has 2 N–H and O–H groups in total. The first-order valence-electron chi connectivity index (χ1n) is 6.46. The van der Waals surface area contributed by atoms with E-state index in [9.17, 15) is 0 Å². The molecule has 0 atom stereocenters. The van der Waals surface area contributed by atoms with Crippen LogP contribution in [0.5, 0.6) is 0 Å². The molecule has 0 saturated carbocycles. The van der Waals surface area contributed by atoms with Gasteiger partial charge >= 0.3 is 0 Å². The fourth-order valence-corrected chi connectivity index (χ4v) is 2.69. The fourth-order valence-electron chi connectivity index (χ4n) is 2.19. The molecule has 2 aromatic rings. The Morgan fingerprint density at radius 1 is 1.15 bits per heavy atom. The standard InChI is InChI=1S/C14H15BrN4O/c15-12-4-2-1-3-10(12)11-9-17-14(18-13(11)16)19-5-7-20-8-6-19/h1-4,9H,5-8H2,(H2,16,17,18). The number of rotatable bonds is 2. The molecule has 1 aromatic heterocycles. The summed E-state index contributed by atoms with van der Waals surface area (Å²) in [6.07, 6.45) is 1.78. The fraction of sp³-hybridized carbons (Fsp3) is 0.286. The van der Waals surface area contributed by atoms with E-state index in [1.807, 2.05) is 24.3 Å². The molecule has 1 fully saturated rings. The molecule has 1 saturated heterocycles. The lowest BCUT2D eigenvalue weighted by Crippen LogP contribution is -2.37. The van der Waals surface area contributed by atoms with Gasteiger partial charge in [-0.1, -0.05) is 34.1 Å². The van der Waals surface area contributed by atoms with E-state index >= 15 is 0 Å². The Hall–Kier alpha value is -1.66. The Bertz CT molecular complexity index is 614. The number of anilines is 2. The average molecular weight is 335 g/mol. The topological polar surface area (TPSA) is 64.3 Å². The van der Waals surface area contributed by atoms with Crippen LogP contribution in [0.3, 0.4) is 0 Å². The second-order valence-corrected chi connectivity index (χ2v) is 5.40. The number of nitrogens with two attached hydrogens (primary N) is 1. The van der Waals surface area contributed by atoms with Gasteiger partial charge in [-0.3, -0.25) is 0 Å². The van der Waals surface area contributed by atoms with Gasteiger partial charge < -0.3 is 15.4 Å². The van der Waals surface area contributed by atoms with Gasteiger partial charge in [0.1, 0.15) is 5.82 Å². The van der Waals surface area contributed by atoms with E-state index in [0.29, 0.717) is 25.0 Å². The first-order chi connectivity index (χ1) is 9.75. The van der Waals surface area contributed by atoms with Crippen molar-refractivity contribution in [3.63, 3.8) is 0 Å². The number of halogens is 1. The minimum atomic E-state index is 0.494. The van der Waals surface area contributed by atoms with Crippen LogP contribution < -0.4 is 10.6 Å². The summed E-state index contributed by atoms with van der Waals surface area (Å²) in [5.74, 6) is 1.16. The number of morpholine rings is 1. The number of benzene rings is 1. The summed E-state index contributed by atoms with van der Waals surface area (Å²) in [5.41, 5.74) is 7.94. The first kappa shape index (κ1) is 13.3. The van der Waals surface area contributed by atoms with Crippen LogP contribution in [0, 0.1) is 0 Å². The van der Waals surface area contributed by atoms with Crippen LogP contribution in [-0.4, -0.2) is 36.3 Å². The number of nitrogen functional groups attached to an aromatic ring is 1. The van der Waals surface area contributed by atoms with Gasteiger partial charge in [0, 0.05) is 34.9 Å². The minimum absolute atomic E-state index is 0.494. The highest BCUT2D eigenvalue weighted by molar-refractivity contribution is 9.10. The quantitative estimate of drug-likeness (QED) is 0.913. The molecule has 1 aliphatic heterocycles. The van der Waals surface area contributed by atoms with Crippen molar-refractivity contribution in [1.82, 2.24) is 9.97 Å². The predicted molar refractivity (Wildman–Crippen MR) is 82.6 cm³/mol. The van der Waals surface area contributed by atoms with Crippen LogP contribution >= 0.6 is 15.9 Å². The monoisotopic (exact) mass is 334 g/mol. The number of hydrogen-bond donors (Lipinski definition) is 1. The highest BCUT2D eigenvalue weighted by Crippen LogP contribution is 2.31. The molecule has 6 heteroatoms. The summed E-state index contributed by atoms with van der Waals surface area (Å²) >= 11 is 3.52. The van der Waals surface area contributed by atoms with Gasteiger partial charge in [-0.15, -0.1) is 0 Å². The molecule has 2 heterocycles. The highest BCUT2D eigenvalue weighted by Gasteiger charge is 2.16. The molecule has 0 aliphatic carbocycles. The highest BCUT2D eigenvalue weighted by atomic mass is 79.9. The summed E-state index contributed by atoms with van der Waals surface area (Å²) in [7, 11) is 0. The first-order valence-corrected chi connectivity index (χ1v) is 7.25. The lowest BCUT2D eigenvalue weighted by atomic mass is 10.1. The molecule has 0 radical (unpaired) electrons. The van der Waals surface area contributed by atoms with E-state index < -0.39 is 0 Å². The average Bonchev–Trinajstić information content (AvgIpc) is 2.49. The predicted octanol–water partition coefficient (Wildman–Crippen LogP) is 2.32. The van der Waals surface area contributed by atoms with Crippen molar-refractivity contribution >= 4 is 27.7 Å². The van der Waals surface area contributed by atoms with Gasteiger partial charge in [0.25, 0.3) is 0 Å². The molecule has 0 amide bonds. The van der Waals surface area contributed by atoms with Crippen molar-refractivity contribution in [2.75, 3.05) is 36.9 Å². The molecule has 0 spiro atoms. The van der Waals surface area contributed by atoms with E-state index in [-0.39, 0.29) is 0 Å². The van der Waals surface area contributed by atoms with Gasteiger partial charge in [0.15, 0.2) is 0 Å². The molecule has 5 nitrogen and oxygen atoms in total. The van der Waals surface area contributed by atoms with Crippen LogP contribution in [0.4, 0.5) is 11.8 Å². The Balaban J connectivity index is 1.93. The van der Waals surface area contributed by atoms with Crippen molar-refractivity contribution in [3.05, 3.63) is 34.9 Å². The smallest absolute Gasteiger partial charge is 0.227 e. The van der Waals surface area contributed by atoms with Gasteiger partial charge in [-0.2, -0.15) is 4.98 Å². The third kappa shape index (κ3) is 2.62. The summed E-state index contributed by atoms with van der Waals surface area (Å²) in [6.45, 7) is 3.01. The lowest BCUT2D eigenvalue weighted by molar-refractivity contribution is 0.122. The second kappa shape index (κ2) is 5.76. The van der Waals surface area contributed by atoms with Crippen molar-refractivity contribution in [2.24, 2.45) is 0 Å². The van der Waals surface area contributed by atoms with Crippen LogP contribution in [-0.2, 0) is 4.74 Å². The van der Waals surface area contributed by atoms with Crippen LogP contribution in [0.15, 0.2) is 34.9 Å². The Morgan fingerprint density at radius 3 is 2.60 bits per heavy atom. The van der Waals surface area contributed by atoms with E-state index in [2.05, 4.69) is 30.8 Å². The summed E-state index contributed by atoms with van der Waals surface area (Å²) in [4.78, 5) is 11.0. The molecule has 20 heavy (non-hydrogen) atoms. The third-order valence-corrected chi connectivity index (χ3v) is 3.95. The maximum absolute atomic E-state index is 6.10. The van der Waals surface area contributed by atoms with Crippen molar-refractivity contribution in [3.8, 4) is 11.1 Å². The zero-order valence-electron chi connectivity index (χ0n) is 10.9. The van der Waals surface area contributed by atoms with Crippen molar-refractivity contribution < 1.29 is 4.74 Å². The van der Waals surface area contributed by atoms with Gasteiger partial charge in [-0.25, -0.2) is 4.98 Å². The second-order valence-electron chi connectivity index (χ2n) is 4.55. The van der Waals surface area contributed by atoms with Crippen LogP contribution in [0.25, 0.3) is 11.1 Å². The number of nitrogens with zero attached hydrogens (tertiary/aromatic N) is 3. The Labute approximate surface area is 125 Å². The summed E-state index contributed by atoms with van der Waals surface area (Å²) in [6, 6.07) is 7.90. The summed E-state index contributed by atoms with van der Waals surface area (Å²) < 4.78 is 6.31. The van der Waals surface area contributed by atoms with Crippen LogP contribution in [0.1, 0.15) is 0 Å². The van der Waals surface area contributed by atoms with E-state index in [1.54, 1.807) is 6.20 Å². The zero-order valence-corrected chi connectivity index (χ0v) is 12.5. The third-order valence-electron chi connectivity index (χ3n) is 3.26. The van der Waals surface area contributed by atoms with E-state index in [0.717, 1.165) is 28.7 Å². The Kier molecular flexibility index (Phi) is 3.84. The van der Waals surface area contributed by atoms with Crippen LogP contribution in [0.2, 0.25) is 0 Å². The van der Waals surface area contributed by atoms with Gasteiger partial charge in [0.05, 0.1) is 13.2 Å². The number of hydrogen-bond acceptors (Lipinski definition) is 5. The Morgan fingerprint density at radius 2 is 1.90 bits per heavy atom. The van der Waals surface area contributed by atoms with E-state index in [4.69, 9.17) is 10.5 Å². The molecule has 104 valence electrons. The molecule has 0 bridgehead atoms. The molecule has 3 rings (SSSR count). The maximum Gasteiger partial charge on any atom is 0.227 e. The largest absolute Gasteiger partial charge is 0.383 e. The minimum Gasteiger partial charge on any atom is -0.383 e. The molecular formula is C14H15BrN4O. The van der Waals surface area contributed by atoms with Gasteiger partial charge in [0.2, 0.25) is 5.95 Å². The molecular weight excluding hydrogens is 320 g/mol. The normalized spacial score (nSPS) is 15.3. The lowest BCUT2D eigenvalue weighted by Gasteiger charge is -2.27. The van der Waals surface area contributed by atoms with Gasteiger partial charge in [-0.05, 0) is 6.07 Å². The molecule has 1 aromatic carbocycles. The summed E-state index contributed by atoms with van der Waals surface area (Å²) in [5, 5.41) is 0. The zero-order chi connectivity index (χ0) is 13.9. The van der Waals surface area contributed by atoms with Crippen molar-refractivity contribution in [2.45, 2.75) is 0 Å².